The standard InChI is InChI=1S/C10H14N2O/c11-9-2-6-12(7-3-9)8-10(13)4-1-5-10/h2-3,6-7,11,13H,1,4-5,8H2. The second-order valence-corrected chi connectivity index (χ2v) is 3.84. The molecule has 0 atom stereocenters. The first-order valence-corrected chi connectivity index (χ1v) is 4.61. The van der Waals surface area contributed by atoms with E-state index in [2.05, 4.69) is 0 Å². The number of pyridine rings is 1. The molecular weight excluding hydrogens is 164 g/mol. The Morgan fingerprint density at radius 2 is 2.00 bits per heavy atom. The second kappa shape index (κ2) is 3.00. The molecule has 1 aromatic heterocycles. The van der Waals surface area contributed by atoms with Gasteiger partial charge in [0.05, 0.1) is 17.5 Å². The summed E-state index contributed by atoms with van der Waals surface area (Å²) in [5.74, 6) is 0. The Bertz CT molecular complexity index is 332. The van der Waals surface area contributed by atoms with Gasteiger partial charge in [0.2, 0.25) is 0 Å². The summed E-state index contributed by atoms with van der Waals surface area (Å²) in [7, 11) is 0. The largest absolute Gasteiger partial charge is 0.388 e. The fraction of sp³-hybridized carbons (Fsp3) is 0.500. The zero-order valence-corrected chi connectivity index (χ0v) is 7.53. The zero-order valence-electron chi connectivity index (χ0n) is 7.53. The molecule has 1 heterocycles. The lowest BCUT2D eigenvalue weighted by molar-refractivity contribution is -0.0474. The van der Waals surface area contributed by atoms with Crippen molar-refractivity contribution in [1.29, 1.82) is 5.41 Å². The van der Waals surface area contributed by atoms with Gasteiger partial charge in [-0.15, -0.1) is 0 Å². The van der Waals surface area contributed by atoms with Gasteiger partial charge in [0.25, 0.3) is 0 Å². The average molecular weight is 178 g/mol. The van der Waals surface area contributed by atoms with Gasteiger partial charge in [-0.2, -0.15) is 0 Å². The fourth-order valence-electron chi connectivity index (χ4n) is 1.65. The highest BCUT2D eigenvalue weighted by molar-refractivity contribution is 4.95. The Labute approximate surface area is 77.2 Å². The highest BCUT2D eigenvalue weighted by Crippen LogP contribution is 2.32. The highest BCUT2D eigenvalue weighted by Gasteiger charge is 2.34. The Morgan fingerprint density at radius 3 is 2.46 bits per heavy atom. The van der Waals surface area contributed by atoms with Crippen LogP contribution in [0.4, 0.5) is 0 Å². The summed E-state index contributed by atoms with van der Waals surface area (Å²) >= 11 is 0. The van der Waals surface area contributed by atoms with E-state index in [1.165, 1.54) is 0 Å². The molecule has 2 rings (SSSR count). The number of aliphatic hydroxyl groups is 1. The van der Waals surface area contributed by atoms with Crippen LogP contribution in [0, 0.1) is 5.41 Å². The first kappa shape index (κ1) is 8.51. The predicted octanol–water partition coefficient (Wildman–Crippen LogP) is 0.883. The third kappa shape index (κ3) is 1.80. The summed E-state index contributed by atoms with van der Waals surface area (Å²) in [5, 5.41) is 17.7. The van der Waals surface area contributed by atoms with Crippen molar-refractivity contribution in [2.24, 2.45) is 0 Å². The van der Waals surface area contributed by atoms with Gasteiger partial charge in [0.1, 0.15) is 0 Å². The van der Waals surface area contributed by atoms with Gasteiger partial charge in [0.15, 0.2) is 0 Å². The molecule has 0 bridgehead atoms. The number of nitrogens with zero attached hydrogens (tertiary/aromatic N) is 1. The molecule has 0 saturated heterocycles. The summed E-state index contributed by atoms with van der Waals surface area (Å²) in [6, 6.07) is 3.48. The molecule has 0 amide bonds. The maximum atomic E-state index is 9.87. The summed E-state index contributed by atoms with van der Waals surface area (Å²) < 4.78 is 1.94. The van der Waals surface area contributed by atoms with Crippen LogP contribution in [0.15, 0.2) is 24.5 Å². The molecule has 0 aromatic carbocycles. The monoisotopic (exact) mass is 178 g/mol. The SMILES string of the molecule is N=c1ccn(CC2(O)CCC2)cc1. The molecule has 0 unspecified atom stereocenters. The van der Waals surface area contributed by atoms with Gasteiger partial charge in [-0.25, -0.2) is 0 Å². The molecule has 0 aliphatic heterocycles. The summed E-state index contributed by atoms with van der Waals surface area (Å²) in [6.07, 6.45) is 6.64. The van der Waals surface area contributed by atoms with E-state index in [1.807, 2.05) is 17.0 Å². The lowest BCUT2D eigenvalue weighted by Crippen LogP contribution is -2.41. The molecule has 2 N–H and O–H groups in total. The lowest BCUT2D eigenvalue weighted by atomic mass is 9.80. The maximum absolute atomic E-state index is 9.87. The average Bonchev–Trinajstić information content (AvgIpc) is 2.06. The van der Waals surface area contributed by atoms with E-state index in [1.54, 1.807) is 12.1 Å². The first-order chi connectivity index (χ1) is 6.18. The van der Waals surface area contributed by atoms with Crippen LogP contribution in [0.5, 0.6) is 0 Å². The molecule has 1 aromatic rings. The second-order valence-electron chi connectivity index (χ2n) is 3.84. The predicted molar refractivity (Wildman–Crippen MR) is 49.1 cm³/mol. The smallest absolute Gasteiger partial charge is 0.0825 e. The van der Waals surface area contributed by atoms with Crippen molar-refractivity contribution in [1.82, 2.24) is 4.57 Å². The van der Waals surface area contributed by atoms with Gasteiger partial charge in [-0.3, -0.25) is 0 Å². The van der Waals surface area contributed by atoms with Gasteiger partial charge < -0.3 is 15.1 Å². The third-order valence-electron chi connectivity index (χ3n) is 2.65. The van der Waals surface area contributed by atoms with E-state index in [0.717, 1.165) is 19.3 Å². The van der Waals surface area contributed by atoms with Crippen molar-refractivity contribution < 1.29 is 5.11 Å². The van der Waals surface area contributed by atoms with Gasteiger partial charge in [-0.1, -0.05) is 0 Å². The molecule has 13 heavy (non-hydrogen) atoms. The Morgan fingerprint density at radius 1 is 1.38 bits per heavy atom. The molecule has 70 valence electrons. The Kier molecular flexibility index (Phi) is 1.96. The Balaban J connectivity index is 2.09. The number of rotatable bonds is 2. The van der Waals surface area contributed by atoms with Crippen molar-refractivity contribution in [3.8, 4) is 0 Å². The van der Waals surface area contributed by atoms with Gasteiger partial charge >= 0.3 is 0 Å². The first-order valence-electron chi connectivity index (χ1n) is 4.61. The summed E-state index contributed by atoms with van der Waals surface area (Å²) in [6.45, 7) is 0.660. The Hall–Kier alpha value is -1.09. The van der Waals surface area contributed by atoms with Crippen LogP contribution in [-0.2, 0) is 6.54 Å². The van der Waals surface area contributed by atoms with Crippen molar-refractivity contribution in [2.75, 3.05) is 0 Å². The number of nitrogens with one attached hydrogen (secondary N) is 1. The zero-order chi connectivity index (χ0) is 9.31. The molecule has 3 nitrogen and oxygen atoms in total. The van der Waals surface area contributed by atoms with E-state index < -0.39 is 5.60 Å². The molecule has 1 fully saturated rings. The molecule has 1 saturated carbocycles. The molecular formula is C10H14N2O. The summed E-state index contributed by atoms with van der Waals surface area (Å²) in [4.78, 5) is 0. The van der Waals surface area contributed by atoms with Crippen LogP contribution < -0.4 is 5.36 Å². The highest BCUT2D eigenvalue weighted by atomic mass is 16.3. The normalized spacial score (nSPS) is 19.5. The minimum absolute atomic E-state index is 0.478. The van der Waals surface area contributed by atoms with Gasteiger partial charge in [-0.05, 0) is 31.4 Å². The quantitative estimate of drug-likeness (QED) is 0.694. The van der Waals surface area contributed by atoms with Crippen LogP contribution in [0.1, 0.15) is 19.3 Å². The van der Waals surface area contributed by atoms with E-state index >= 15 is 0 Å². The van der Waals surface area contributed by atoms with Crippen LogP contribution in [0.25, 0.3) is 0 Å². The van der Waals surface area contributed by atoms with Crippen LogP contribution in [-0.4, -0.2) is 15.3 Å². The fourth-order valence-corrected chi connectivity index (χ4v) is 1.65. The molecule has 0 spiro atoms. The number of hydrogen-bond acceptors (Lipinski definition) is 2. The minimum atomic E-state index is -0.478. The number of hydrogen-bond donors (Lipinski definition) is 2. The van der Waals surface area contributed by atoms with E-state index in [9.17, 15) is 5.11 Å². The van der Waals surface area contributed by atoms with Crippen molar-refractivity contribution in [3.05, 3.63) is 29.9 Å². The van der Waals surface area contributed by atoms with E-state index in [-0.39, 0.29) is 0 Å². The van der Waals surface area contributed by atoms with Gasteiger partial charge in [0, 0.05) is 12.4 Å². The van der Waals surface area contributed by atoms with Crippen molar-refractivity contribution in [3.63, 3.8) is 0 Å². The van der Waals surface area contributed by atoms with E-state index in [4.69, 9.17) is 5.41 Å². The summed E-state index contributed by atoms with van der Waals surface area (Å²) in [5.41, 5.74) is -0.478. The van der Waals surface area contributed by atoms with Crippen LogP contribution in [0.3, 0.4) is 0 Å². The van der Waals surface area contributed by atoms with E-state index in [0.29, 0.717) is 11.9 Å². The maximum Gasteiger partial charge on any atom is 0.0825 e. The van der Waals surface area contributed by atoms with Crippen molar-refractivity contribution >= 4 is 0 Å². The van der Waals surface area contributed by atoms with Crippen LogP contribution >= 0.6 is 0 Å². The third-order valence-corrected chi connectivity index (χ3v) is 2.65. The topological polar surface area (TPSA) is 49.0 Å². The van der Waals surface area contributed by atoms with Crippen molar-refractivity contribution in [2.45, 2.75) is 31.4 Å². The molecule has 1 aliphatic carbocycles. The number of aromatic nitrogens is 1. The minimum Gasteiger partial charge on any atom is -0.388 e. The lowest BCUT2D eigenvalue weighted by Gasteiger charge is -2.37. The molecule has 3 heteroatoms. The molecule has 1 aliphatic rings. The van der Waals surface area contributed by atoms with Crippen LogP contribution in [0.2, 0.25) is 0 Å². The molecule has 0 radical (unpaired) electrons.